The number of carbonyl (C=O) groups excluding carboxylic acids is 2. The minimum Gasteiger partial charge on any atom is -0.489 e. The molecule has 1 fully saturated rings. The lowest BCUT2D eigenvalue weighted by Gasteiger charge is -2.23. The zero-order chi connectivity index (χ0) is 22.2. The molecular formula is C27H28N2O3. The van der Waals surface area contributed by atoms with Gasteiger partial charge in [-0.2, -0.15) is 0 Å². The van der Waals surface area contributed by atoms with Gasteiger partial charge in [0, 0.05) is 11.6 Å². The fraction of sp³-hybridized carbons (Fsp3) is 0.259. The molecule has 0 aliphatic heterocycles. The van der Waals surface area contributed by atoms with E-state index < -0.39 is 0 Å². The summed E-state index contributed by atoms with van der Waals surface area (Å²) in [6.45, 7) is 0.427. The van der Waals surface area contributed by atoms with Crippen molar-refractivity contribution in [2.45, 2.75) is 44.8 Å². The van der Waals surface area contributed by atoms with Crippen molar-refractivity contribution in [2.24, 2.45) is 0 Å². The highest BCUT2D eigenvalue weighted by Gasteiger charge is 2.19. The van der Waals surface area contributed by atoms with Crippen LogP contribution in [0, 0.1) is 0 Å². The average molecular weight is 429 g/mol. The van der Waals surface area contributed by atoms with Gasteiger partial charge in [-0.05, 0) is 48.7 Å². The molecule has 0 spiro atoms. The quantitative estimate of drug-likeness (QED) is 0.516. The molecule has 0 radical (unpaired) electrons. The van der Waals surface area contributed by atoms with Crippen molar-refractivity contribution in [2.75, 3.05) is 5.32 Å². The third-order valence-corrected chi connectivity index (χ3v) is 5.70. The molecule has 2 N–H and O–H groups in total. The maximum Gasteiger partial charge on any atom is 0.255 e. The third kappa shape index (κ3) is 5.76. The first-order valence-electron chi connectivity index (χ1n) is 11.2. The number of nitrogens with one attached hydrogen (secondary N) is 2. The lowest BCUT2D eigenvalue weighted by molar-refractivity contribution is 0.0928. The third-order valence-electron chi connectivity index (χ3n) is 5.70. The van der Waals surface area contributed by atoms with Gasteiger partial charge in [0.1, 0.15) is 12.4 Å². The van der Waals surface area contributed by atoms with Crippen molar-refractivity contribution < 1.29 is 14.3 Å². The summed E-state index contributed by atoms with van der Waals surface area (Å²) < 4.78 is 5.84. The lowest BCUT2D eigenvalue weighted by Crippen LogP contribution is -2.36. The van der Waals surface area contributed by atoms with E-state index in [1.54, 1.807) is 30.3 Å². The number of amides is 2. The molecule has 1 aliphatic carbocycles. The second-order valence-electron chi connectivity index (χ2n) is 8.11. The fourth-order valence-electron chi connectivity index (χ4n) is 3.96. The molecule has 5 nitrogen and oxygen atoms in total. The number of ether oxygens (including phenoxy) is 1. The van der Waals surface area contributed by atoms with E-state index in [1.165, 1.54) is 6.42 Å². The number of benzene rings is 3. The predicted molar refractivity (Wildman–Crippen MR) is 126 cm³/mol. The van der Waals surface area contributed by atoms with Crippen molar-refractivity contribution >= 4 is 17.5 Å². The summed E-state index contributed by atoms with van der Waals surface area (Å²) in [4.78, 5) is 25.8. The fourth-order valence-corrected chi connectivity index (χ4v) is 3.96. The second kappa shape index (κ2) is 10.6. The highest BCUT2D eigenvalue weighted by atomic mass is 16.5. The van der Waals surface area contributed by atoms with E-state index in [9.17, 15) is 9.59 Å². The maximum absolute atomic E-state index is 12.9. The molecular weight excluding hydrogens is 400 g/mol. The van der Waals surface area contributed by atoms with Gasteiger partial charge in [0.05, 0.1) is 11.3 Å². The Morgan fingerprint density at radius 3 is 2.38 bits per heavy atom. The van der Waals surface area contributed by atoms with E-state index in [1.807, 2.05) is 48.5 Å². The van der Waals surface area contributed by atoms with Gasteiger partial charge in [-0.3, -0.25) is 9.59 Å². The van der Waals surface area contributed by atoms with Crippen LogP contribution in [0.3, 0.4) is 0 Å². The van der Waals surface area contributed by atoms with E-state index in [4.69, 9.17) is 4.74 Å². The molecule has 0 heterocycles. The first-order chi connectivity index (χ1) is 15.7. The Balaban J connectivity index is 1.42. The Kier molecular flexibility index (Phi) is 7.18. The van der Waals surface area contributed by atoms with Crippen LogP contribution in [0.5, 0.6) is 5.75 Å². The van der Waals surface area contributed by atoms with E-state index in [0.29, 0.717) is 29.2 Å². The topological polar surface area (TPSA) is 67.4 Å². The Morgan fingerprint density at radius 1 is 0.812 bits per heavy atom. The average Bonchev–Trinajstić information content (AvgIpc) is 2.84. The highest BCUT2D eigenvalue weighted by molar-refractivity contribution is 6.09. The SMILES string of the molecule is O=C(Nc1ccccc1C(=O)NC1CCCCC1)c1cccc(OCc2ccccc2)c1. The molecule has 0 atom stereocenters. The van der Waals surface area contributed by atoms with Gasteiger partial charge in [-0.25, -0.2) is 0 Å². The monoisotopic (exact) mass is 428 g/mol. The Hall–Kier alpha value is -3.60. The molecule has 32 heavy (non-hydrogen) atoms. The summed E-state index contributed by atoms with van der Waals surface area (Å²) in [6, 6.07) is 24.2. The zero-order valence-electron chi connectivity index (χ0n) is 18.1. The molecule has 0 aromatic heterocycles. The molecule has 164 valence electrons. The molecule has 2 amide bonds. The second-order valence-corrected chi connectivity index (χ2v) is 8.11. The van der Waals surface area contributed by atoms with Gasteiger partial charge in [-0.1, -0.05) is 67.8 Å². The minimum atomic E-state index is -0.284. The Labute approximate surface area is 188 Å². The first-order valence-corrected chi connectivity index (χ1v) is 11.2. The number of anilines is 1. The van der Waals surface area contributed by atoms with Crippen molar-refractivity contribution in [1.29, 1.82) is 0 Å². The smallest absolute Gasteiger partial charge is 0.255 e. The standard InChI is InChI=1S/C27H28N2O3/c30-26(21-12-9-15-23(18-21)32-19-20-10-3-1-4-11-20)29-25-17-8-7-16-24(25)27(31)28-22-13-5-2-6-14-22/h1,3-4,7-12,15-18,22H,2,5-6,13-14,19H2,(H,28,31)(H,29,30). The minimum absolute atomic E-state index is 0.146. The molecule has 0 saturated heterocycles. The van der Waals surface area contributed by atoms with Gasteiger partial charge < -0.3 is 15.4 Å². The van der Waals surface area contributed by atoms with Crippen LogP contribution in [0.25, 0.3) is 0 Å². The van der Waals surface area contributed by atoms with E-state index in [2.05, 4.69) is 10.6 Å². The summed E-state index contributed by atoms with van der Waals surface area (Å²) in [5.41, 5.74) is 2.50. The maximum atomic E-state index is 12.9. The number of rotatable bonds is 7. The number of carbonyl (C=O) groups is 2. The Bertz CT molecular complexity index is 1060. The van der Waals surface area contributed by atoms with Crippen molar-refractivity contribution in [1.82, 2.24) is 5.32 Å². The predicted octanol–water partition coefficient (Wildman–Crippen LogP) is 5.58. The van der Waals surface area contributed by atoms with Gasteiger partial charge in [0.25, 0.3) is 11.8 Å². The van der Waals surface area contributed by atoms with Crippen LogP contribution in [0.1, 0.15) is 58.4 Å². The van der Waals surface area contributed by atoms with E-state index in [-0.39, 0.29) is 17.9 Å². The summed E-state index contributed by atoms with van der Waals surface area (Å²) in [5, 5.41) is 6.01. The van der Waals surface area contributed by atoms with Crippen LogP contribution in [-0.4, -0.2) is 17.9 Å². The van der Waals surface area contributed by atoms with Crippen LogP contribution in [-0.2, 0) is 6.61 Å². The summed E-state index contributed by atoms with van der Waals surface area (Å²) >= 11 is 0. The first kappa shape index (κ1) is 21.6. The van der Waals surface area contributed by atoms with Crippen molar-refractivity contribution in [3.05, 3.63) is 95.6 Å². The lowest BCUT2D eigenvalue weighted by atomic mass is 9.95. The molecule has 0 unspecified atom stereocenters. The normalized spacial score (nSPS) is 13.9. The molecule has 0 bridgehead atoms. The van der Waals surface area contributed by atoms with Crippen molar-refractivity contribution in [3.8, 4) is 5.75 Å². The zero-order valence-corrected chi connectivity index (χ0v) is 18.1. The molecule has 4 rings (SSSR count). The van der Waals surface area contributed by atoms with Crippen LogP contribution in [0.4, 0.5) is 5.69 Å². The van der Waals surface area contributed by atoms with Crippen LogP contribution < -0.4 is 15.4 Å². The number of hydrogen-bond donors (Lipinski definition) is 2. The Morgan fingerprint density at radius 2 is 1.56 bits per heavy atom. The van der Waals surface area contributed by atoms with E-state index in [0.717, 1.165) is 31.2 Å². The van der Waals surface area contributed by atoms with E-state index >= 15 is 0 Å². The molecule has 1 saturated carbocycles. The number of hydrogen-bond acceptors (Lipinski definition) is 3. The summed E-state index contributed by atoms with van der Waals surface area (Å²) in [6.07, 6.45) is 5.54. The number of para-hydroxylation sites is 1. The van der Waals surface area contributed by atoms with Gasteiger partial charge in [-0.15, -0.1) is 0 Å². The highest BCUT2D eigenvalue weighted by Crippen LogP contribution is 2.21. The summed E-state index contributed by atoms with van der Waals surface area (Å²) in [7, 11) is 0. The van der Waals surface area contributed by atoms with Gasteiger partial charge in [0.2, 0.25) is 0 Å². The van der Waals surface area contributed by atoms with Crippen LogP contribution >= 0.6 is 0 Å². The molecule has 3 aromatic rings. The summed E-state index contributed by atoms with van der Waals surface area (Å²) in [5.74, 6) is 0.186. The van der Waals surface area contributed by atoms with Crippen LogP contribution in [0.2, 0.25) is 0 Å². The largest absolute Gasteiger partial charge is 0.489 e. The van der Waals surface area contributed by atoms with Crippen LogP contribution in [0.15, 0.2) is 78.9 Å². The molecule has 5 heteroatoms. The molecule has 1 aliphatic rings. The molecule has 3 aromatic carbocycles. The van der Waals surface area contributed by atoms with Crippen molar-refractivity contribution in [3.63, 3.8) is 0 Å². The van der Waals surface area contributed by atoms with Gasteiger partial charge in [0.15, 0.2) is 0 Å². The van der Waals surface area contributed by atoms with Gasteiger partial charge >= 0.3 is 0 Å².